The van der Waals surface area contributed by atoms with Crippen molar-refractivity contribution in [2.45, 2.75) is 39.7 Å². The van der Waals surface area contributed by atoms with Crippen LogP contribution in [0, 0.1) is 18.8 Å². The van der Waals surface area contributed by atoms with E-state index < -0.39 is 0 Å². The second kappa shape index (κ2) is 7.09. The Morgan fingerprint density at radius 1 is 1.31 bits per heavy atom. The fraction of sp³-hybridized carbons (Fsp3) is 0.467. The van der Waals surface area contributed by atoms with Crippen LogP contribution in [0.4, 0.5) is 0 Å². The Kier molecular flexibility index (Phi) is 5.67. The van der Waals surface area contributed by atoms with Gasteiger partial charge in [-0.25, -0.2) is 0 Å². The maximum Gasteiger partial charge on any atom is 0.0433 e. The minimum Gasteiger partial charge on any atom is -0.309 e. The van der Waals surface area contributed by atoms with Crippen LogP contribution in [0.5, 0.6) is 0 Å². The number of nitrogens with one attached hydrogen (secondary N) is 1. The van der Waals surface area contributed by atoms with Crippen LogP contribution in [0.2, 0.25) is 0 Å². The minimum absolute atomic E-state index is 0.369. The summed E-state index contributed by atoms with van der Waals surface area (Å²) in [5, 5.41) is 3.56. The van der Waals surface area contributed by atoms with Gasteiger partial charge in [-0.15, -0.1) is 11.8 Å². The van der Waals surface area contributed by atoms with Crippen molar-refractivity contribution in [3.63, 3.8) is 0 Å². The lowest BCUT2D eigenvalue weighted by atomic mass is 9.99. The van der Waals surface area contributed by atoms with Gasteiger partial charge in [0.2, 0.25) is 0 Å². The first-order valence-corrected chi connectivity index (χ1v) is 5.98. The van der Waals surface area contributed by atoms with Gasteiger partial charge >= 0.3 is 0 Å². The van der Waals surface area contributed by atoms with E-state index in [0.29, 0.717) is 6.04 Å². The highest BCUT2D eigenvalue weighted by atomic mass is 14.9. The highest BCUT2D eigenvalue weighted by molar-refractivity contribution is 5.29. The molecular weight excluding hydrogens is 194 g/mol. The molecule has 0 aliphatic heterocycles. The fourth-order valence-corrected chi connectivity index (χ4v) is 1.79. The lowest BCUT2D eigenvalue weighted by molar-refractivity contribution is 0.540. The van der Waals surface area contributed by atoms with E-state index in [1.165, 1.54) is 11.1 Å². The summed E-state index contributed by atoms with van der Waals surface area (Å²) in [5.41, 5.74) is 2.72. The molecule has 0 saturated heterocycles. The Hall–Kier alpha value is -1.26. The normalized spacial score (nSPS) is 11.7. The van der Waals surface area contributed by atoms with Gasteiger partial charge in [-0.2, -0.15) is 0 Å². The topological polar surface area (TPSA) is 12.0 Å². The standard InChI is InChI=1S/C15H21N/c1-4-6-11-15(16-12-5-2)14-10-8-7-9-13(14)3/h7-10,15-16H,5,11-12H2,1-3H3. The third kappa shape index (κ3) is 3.72. The summed E-state index contributed by atoms with van der Waals surface area (Å²) in [4.78, 5) is 0. The van der Waals surface area contributed by atoms with E-state index in [1.54, 1.807) is 0 Å². The zero-order valence-corrected chi connectivity index (χ0v) is 10.5. The first-order chi connectivity index (χ1) is 7.79. The van der Waals surface area contributed by atoms with Crippen LogP contribution in [0.1, 0.15) is 43.9 Å². The van der Waals surface area contributed by atoms with Gasteiger partial charge in [-0.05, 0) is 37.9 Å². The van der Waals surface area contributed by atoms with Gasteiger partial charge in [-0.1, -0.05) is 31.2 Å². The van der Waals surface area contributed by atoms with Crippen LogP contribution in [0.15, 0.2) is 24.3 Å². The summed E-state index contributed by atoms with van der Waals surface area (Å²) in [6.45, 7) is 7.29. The van der Waals surface area contributed by atoms with Crippen molar-refractivity contribution in [1.29, 1.82) is 0 Å². The Balaban J connectivity index is 2.81. The van der Waals surface area contributed by atoms with Crippen molar-refractivity contribution in [1.82, 2.24) is 5.32 Å². The smallest absolute Gasteiger partial charge is 0.0433 e. The molecule has 0 aromatic heterocycles. The number of benzene rings is 1. The molecule has 0 bridgehead atoms. The lowest BCUT2D eigenvalue weighted by Crippen LogP contribution is -2.22. The molecule has 0 amide bonds. The van der Waals surface area contributed by atoms with E-state index in [0.717, 1.165) is 19.4 Å². The molecule has 1 unspecified atom stereocenters. The molecule has 1 aromatic rings. The van der Waals surface area contributed by atoms with Crippen LogP contribution in [0.25, 0.3) is 0 Å². The molecule has 0 heterocycles. The molecule has 0 aliphatic carbocycles. The molecule has 16 heavy (non-hydrogen) atoms. The summed E-state index contributed by atoms with van der Waals surface area (Å²) < 4.78 is 0. The van der Waals surface area contributed by atoms with E-state index in [-0.39, 0.29) is 0 Å². The van der Waals surface area contributed by atoms with Crippen LogP contribution in [-0.2, 0) is 0 Å². The van der Waals surface area contributed by atoms with E-state index in [1.807, 2.05) is 6.92 Å². The molecule has 1 aromatic carbocycles. The summed E-state index contributed by atoms with van der Waals surface area (Å²) in [6, 6.07) is 8.91. The van der Waals surface area contributed by atoms with Crippen molar-refractivity contribution in [3.05, 3.63) is 35.4 Å². The molecule has 0 aliphatic rings. The Morgan fingerprint density at radius 2 is 2.06 bits per heavy atom. The predicted molar refractivity (Wildman–Crippen MR) is 70.3 cm³/mol. The summed E-state index contributed by atoms with van der Waals surface area (Å²) >= 11 is 0. The predicted octanol–water partition coefficient (Wildman–Crippen LogP) is 3.45. The molecule has 0 spiro atoms. The molecule has 1 nitrogen and oxygen atoms in total. The summed E-state index contributed by atoms with van der Waals surface area (Å²) in [7, 11) is 0. The van der Waals surface area contributed by atoms with Crippen molar-refractivity contribution in [2.75, 3.05) is 6.54 Å². The van der Waals surface area contributed by atoms with Crippen molar-refractivity contribution >= 4 is 0 Å². The van der Waals surface area contributed by atoms with Crippen LogP contribution in [-0.4, -0.2) is 6.54 Å². The van der Waals surface area contributed by atoms with Gasteiger partial charge < -0.3 is 5.32 Å². The number of rotatable bonds is 5. The van der Waals surface area contributed by atoms with Crippen LogP contribution in [0.3, 0.4) is 0 Å². The zero-order chi connectivity index (χ0) is 11.8. The van der Waals surface area contributed by atoms with Crippen LogP contribution >= 0.6 is 0 Å². The van der Waals surface area contributed by atoms with Gasteiger partial charge in [0.15, 0.2) is 0 Å². The largest absolute Gasteiger partial charge is 0.309 e. The zero-order valence-electron chi connectivity index (χ0n) is 10.5. The minimum atomic E-state index is 0.369. The quantitative estimate of drug-likeness (QED) is 0.742. The SMILES string of the molecule is CC#CCC(NCCC)c1ccccc1C. The van der Waals surface area contributed by atoms with Gasteiger partial charge in [0.25, 0.3) is 0 Å². The molecule has 0 fully saturated rings. The highest BCUT2D eigenvalue weighted by Gasteiger charge is 2.10. The monoisotopic (exact) mass is 215 g/mol. The van der Waals surface area contributed by atoms with E-state index in [9.17, 15) is 0 Å². The molecule has 1 N–H and O–H groups in total. The lowest BCUT2D eigenvalue weighted by Gasteiger charge is -2.18. The molecule has 1 atom stereocenters. The Morgan fingerprint density at radius 3 is 2.69 bits per heavy atom. The van der Waals surface area contributed by atoms with Crippen molar-refractivity contribution < 1.29 is 0 Å². The second-order valence-corrected chi connectivity index (χ2v) is 3.99. The maximum atomic E-state index is 3.56. The third-order valence-electron chi connectivity index (χ3n) is 2.69. The molecule has 0 saturated carbocycles. The second-order valence-electron chi connectivity index (χ2n) is 3.99. The van der Waals surface area contributed by atoms with E-state index in [4.69, 9.17) is 0 Å². The first kappa shape index (κ1) is 12.8. The average molecular weight is 215 g/mol. The Labute approximate surface area is 99.3 Å². The van der Waals surface area contributed by atoms with Crippen molar-refractivity contribution in [3.8, 4) is 11.8 Å². The number of hydrogen-bond donors (Lipinski definition) is 1. The number of aryl methyl sites for hydroxylation is 1. The number of hydrogen-bond acceptors (Lipinski definition) is 1. The molecular formula is C15H21N. The van der Waals surface area contributed by atoms with Gasteiger partial charge in [-0.3, -0.25) is 0 Å². The molecule has 0 radical (unpaired) electrons. The fourth-order valence-electron chi connectivity index (χ4n) is 1.79. The Bertz CT molecular complexity index is 371. The van der Waals surface area contributed by atoms with Gasteiger partial charge in [0, 0.05) is 12.5 Å². The average Bonchev–Trinajstić information content (AvgIpc) is 2.31. The third-order valence-corrected chi connectivity index (χ3v) is 2.69. The van der Waals surface area contributed by atoms with Gasteiger partial charge in [0.05, 0.1) is 0 Å². The van der Waals surface area contributed by atoms with E-state index >= 15 is 0 Å². The summed E-state index contributed by atoms with van der Waals surface area (Å²) in [5.74, 6) is 6.14. The highest BCUT2D eigenvalue weighted by Crippen LogP contribution is 2.20. The molecule has 86 valence electrons. The maximum absolute atomic E-state index is 3.56. The first-order valence-electron chi connectivity index (χ1n) is 5.98. The van der Waals surface area contributed by atoms with Crippen molar-refractivity contribution in [2.24, 2.45) is 0 Å². The molecule has 1 heteroatoms. The van der Waals surface area contributed by atoms with Gasteiger partial charge in [0.1, 0.15) is 0 Å². The molecule has 1 rings (SSSR count). The summed E-state index contributed by atoms with van der Waals surface area (Å²) in [6.07, 6.45) is 2.04. The van der Waals surface area contributed by atoms with E-state index in [2.05, 4.69) is 55.3 Å². The van der Waals surface area contributed by atoms with Crippen LogP contribution < -0.4 is 5.32 Å².